The van der Waals surface area contributed by atoms with Gasteiger partial charge in [-0.15, -0.1) is 0 Å². The van der Waals surface area contributed by atoms with Gasteiger partial charge in [0.25, 0.3) is 0 Å². The van der Waals surface area contributed by atoms with Gasteiger partial charge in [0.1, 0.15) is 5.54 Å². The van der Waals surface area contributed by atoms with Crippen LogP contribution in [-0.2, 0) is 9.59 Å². The Hall–Kier alpha value is -1.06. The number of carboxylic acid groups (broad SMARTS) is 1. The van der Waals surface area contributed by atoms with Gasteiger partial charge >= 0.3 is 5.97 Å². The van der Waals surface area contributed by atoms with Crippen LogP contribution in [0.15, 0.2) is 0 Å². The van der Waals surface area contributed by atoms with Gasteiger partial charge in [0, 0.05) is 5.92 Å². The molecule has 0 aromatic carbocycles. The van der Waals surface area contributed by atoms with E-state index in [1.165, 1.54) is 6.42 Å². The van der Waals surface area contributed by atoms with Crippen molar-refractivity contribution in [1.82, 2.24) is 5.32 Å². The predicted molar refractivity (Wildman–Crippen MR) is 58.8 cm³/mol. The molecule has 0 spiro atoms. The number of amides is 1. The summed E-state index contributed by atoms with van der Waals surface area (Å²) in [5, 5.41) is 11.8. The van der Waals surface area contributed by atoms with Crippen molar-refractivity contribution < 1.29 is 14.7 Å². The van der Waals surface area contributed by atoms with E-state index in [4.69, 9.17) is 5.11 Å². The Labute approximate surface area is 95.4 Å². The van der Waals surface area contributed by atoms with Gasteiger partial charge in [0.15, 0.2) is 0 Å². The fourth-order valence-electron chi connectivity index (χ4n) is 2.86. The smallest absolute Gasteiger partial charge is 0.329 e. The Morgan fingerprint density at radius 3 is 2.38 bits per heavy atom. The van der Waals surface area contributed by atoms with E-state index < -0.39 is 11.5 Å². The van der Waals surface area contributed by atoms with Crippen LogP contribution < -0.4 is 5.32 Å². The van der Waals surface area contributed by atoms with E-state index in [9.17, 15) is 9.59 Å². The Balaban J connectivity index is 1.94. The third kappa shape index (κ3) is 1.70. The molecule has 2 aliphatic rings. The average molecular weight is 225 g/mol. The maximum Gasteiger partial charge on any atom is 0.329 e. The molecule has 3 unspecified atom stereocenters. The first-order valence-electron chi connectivity index (χ1n) is 6.05. The zero-order valence-corrected chi connectivity index (χ0v) is 9.82. The molecule has 4 nitrogen and oxygen atoms in total. The van der Waals surface area contributed by atoms with Crippen molar-refractivity contribution in [2.24, 2.45) is 17.8 Å². The second-order valence-corrected chi connectivity index (χ2v) is 5.26. The average Bonchev–Trinajstić information content (AvgIpc) is 2.73. The van der Waals surface area contributed by atoms with Crippen LogP contribution in [0, 0.1) is 17.8 Å². The monoisotopic (exact) mass is 225 g/mol. The molecule has 1 amide bonds. The minimum atomic E-state index is -1.10. The molecule has 0 aromatic heterocycles. The topological polar surface area (TPSA) is 66.4 Å². The minimum Gasteiger partial charge on any atom is -0.480 e. The molecule has 2 rings (SSSR count). The van der Waals surface area contributed by atoms with Gasteiger partial charge in [0.05, 0.1) is 0 Å². The lowest BCUT2D eigenvalue weighted by Gasteiger charge is -2.25. The summed E-state index contributed by atoms with van der Waals surface area (Å²) in [6.45, 7) is 3.35. The summed E-state index contributed by atoms with van der Waals surface area (Å²) in [6, 6.07) is 0. The summed E-state index contributed by atoms with van der Waals surface area (Å²) in [4.78, 5) is 23.0. The van der Waals surface area contributed by atoms with Crippen LogP contribution in [0.1, 0.15) is 39.5 Å². The van der Waals surface area contributed by atoms with Crippen LogP contribution >= 0.6 is 0 Å². The van der Waals surface area contributed by atoms with E-state index in [0.29, 0.717) is 18.3 Å². The quantitative estimate of drug-likeness (QED) is 0.760. The van der Waals surface area contributed by atoms with Crippen LogP contribution in [0.5, 0.6) is 0 Å². The molecular formula is C12H19NO3. The number of hydrogen-bond acceptors (Lipinski definition) is 2. The molecule has 0 heterocycles. The van der Waals surface area contributed by atoms with Crippen molar-refractivity contribution >= 4 is 11.9 Å². The number of fused-ring (bicyclic) bond motifs is 1. The Morgan fingerprint density at radius 1 is 1.38 bits per heavy atom. The number of aliphatic carboxylic acids is 1. The molecule has 0 bridgehead atoms. The lowest BCUT2D eigenvalue weighted by atomic mass is 9.98. The van der Waals surface area contributed by atoms with Crippen molar-refractivity contribution in [2.75, 3.05) is 0 Å². The molecule has 16 heavy (non-hydrogen) atoms. The Morgan fingerprint density at radius 2 is 1.94 bits per heavy atom. The van der Waals surface area contributed by atoms with Gasteiger partial charge < -0.3 is 10.4 Å². The van der Waals surface area contributed by atoms with Gasteiger partial charge in [-0.1, -0.05) is 13.3 Å². The summed E-state index contributed by atoms with van der Waals surface area (Å²) < 4.78 is 0. The zero-order chi connectivity index (χ0) is 11.9. The molecule has 2 saturated carbocycles. The third-order valence-electron chi connectivity index (χ3n) is 4.29. The van der Waals surface area contributed by atoms with E-state index in [0.717, 1.165) is 12.8 Å². The minimum absolute atomic E-state index is 0.0542. The first-order valence-corrected chi connectivity index (χ1v) is 6.05. The SMILES string of the molecule is CCC(C)(NC(=O)C1C2CCCC21)C(=O)O. The lowest BCUT2D eigenvalue weighted by Crippen LogP contribution is -2.52. The normalized spacial score (nSPS) is 35.0. The largest absolute Gasteiger partial charge is 0.480 e. The Kier molecular flexibility index (Phi) is 2.68. The fourth-order valence-corrected chi connectivity index (χ4v) is 2.86. The highest BCUT2D eigenvalue weighted by molar-refractivity contribution is 5.89. The van der Waals surface area contributed by atoms with Crippen molar-refractivity contribution in [3.8, 4) is 0 Å². The lowest BCUT2D eigenvalue weighted by molar-refractivity contribution is -0.147. The highest BCUT2D eigenvalue weighted by atomic mass is 16.4. The van der Waals surface area contributed by atoms with E-state index >= 15 is 0 Å². The van der Waals surface area contributed by atoms with Crippen molar-refractivity contribution in [3.05, 3.63) is 0 Å². The molecule has 2 N–H and O–H groups in total. The molecule has 0 radical (unpaired) electrons. The van der Waals surface area contributed by atoms with Crippen LogP contribution in [-0.4, -0.2) is 22.5 Å². The summed E-state index contributed by atoms with van der Waals surface area (Å²) in [6.07, 6.45) is 3.91. The summed E-state index contributed by atoms with van der Waals surface area (Å²) in [7, 11) is 0. The molecule has 0 aromatic rings. The van der Waals surface area contributed by atoms with Crippen molar-refractivity contribution in [3.63, 3.8) is 0 Å². The van der Waals surface area contributed by atoms with E-state index in [-0.39, 0.29) is 11.8 Å². The number of carboxylic acids is 1. The summed E-state index contributed by atoms with van der Waals surface area (Å²) >= 11 is 0. The van der Waals surface area contributed by atoms with Gasteiger partial charge in [0.2, 0.25) is 5.91 Å². The predicted octanol–water partition coefficient (Wildman–Crippen LogP) is 1.40. The van der Waals surface area contributed by atoms with Crippen LogP contribution in [0.3, 0.4) is 0 Å². The molecule has 0 aliphatic heterocycles. The molecule has 2 fully saturated rings. The van der Waals surface area contributed by atoms with Crippen molar-refractivity contribution in [2.45, 2.75) is 45.1 Å². The number of carbonyl (C=O) groups is 2. The van der Waals surface area contributed by atoms with Crippen molar-refractivity contribution in [1.29, 1.82) is 0 Å². The van der Waals surface area contributed by atoms with E-state index in [1.54, 1.807) is 13.8 Å². The third-order valence-corrected chi connectivity index (χ3v) is 4.29. The number of hydrogen-bond donors (Lipinski definition) is 2. The van der Waals surface area contributed by atoms with Crippen LogP contribution in [0.2, 0.25) is 0 Å². The van der Waals surface area contributed by atoms with Gasteiger partial charge in [-0.3, -0.25) is 4.79 Å². The van der Waals surface area contributed by atoms with Crippen LogP contribution in [0.4, 0.5) is 0 Å². The Bertz CT molecular complexity index is 318. The first-order chi connectivity index (χ1) is 7.49. The van der Waals surface area contributed by atoms with Gasteiger partial charge in [-0.25, -0.2) is 4.79 Å². The molecule has 2 aliphatic carbocycles. The van der Waals surface area contributed by atoms with Crippen LogP contribution in [0.25, 0.3) is 0 Å². The number of carbonyl (C=O) groups excluding carboxylic acids is 1. The summed E-state index contributed by atoms with van der Waals surface area (Å²) in [5.74, 6) is 0.166. The zero-order valence-electron chi connectivity index (χ0n) is 9.82. The highest BCUT2D eigenvalue weighted by Gasteiger charge is 2.57. The van der Waals surface area contributed by atoms with Gasteiger partial charge in [-0.05, 0) is 38.0 Å². The summed E-state index contributed by atoms with van der Waals surface area (Å²) in [5.41, 5.74) is -1.10. The molecule has 90 valence electrons. The maximum absolute atomic E-state index is 11.9. The van der Waals surface area contributed by atoms with Gasteiger partial charge in [-0.2, -0.15) is 0 Å². The fraction of sp³-hybridized carbons (Fsp3) is 0.833. The van der Waals surface area contributed by atoms with E-state index in [2.05, 4.69) is 5.32 Å². The second kappa shape index (κ2) is 3.75. The number of nitrogens with one attached hydrogen (secondary N) is 1. The van der Waals surface area contributed by atoms with E-state index in [1.807, 2.05) is 0 Å². The molecule has 3 atom stereocenters. The maximum atomic E-state index is 11.9. The first kappa shape index (κ1) is 11.4. The second-order valence-electron chi connectivity index (χ2n) is 5.26. The highest BCUT2D eigenvalue weighted by Crippen LogP contribution is 2.57. The standard InChI is InChI=1S/C12H19NO3/c1-3-12(2,11(15)16)13-10(14)9-7-5-4-6-8(7)9/h7-9H,3-6H2,1-2H3,(H,13,14)(H,15,16). The molecule has 0 saturated heterocycles. The molecule has 4 heteroatoms. The number of rotatable bonds is 4. The molecular weight excluding hydrogens is 206 g/mol.